The molecule has 130 valence electrons. The number of Topliss-reactive ketones (excluding diaryl/α,β-unsaturated/α-hetero) is 1. The molecule has 4 nitrogen and oxygen atoms in total. The summed E-state index contributed by atoms with van der Waals surface area (Å²) in [5.74, 6) is 1.36. The van der Waals surface area contributed by atoms with Crippen molar-refractivity contribution in [2.45, 2.75) is 51.5 Å². The molecule has 0 spiro atoms. The molecule has 0 bridgehead atoms. The molecule has 0 radical (unpaired) electrons. The molecule has 0 amide bonds. The third-order valence-electron chi connectivity index (χ3n) is 5.53. The molecule has 2 aromatic rings. The van der Waals surface area contributed by atoms with Gasteiger partial charge in [-0.15, -0.1) is 0 Å². The lowest BCUT2D eigenvalue weighted by atomic mass is 9.88. The van der Waals surface area contributed by atoms with E-state index in [0.717, 1.165) is 29.8 Å². The van der Waals surface area contributed by atoms with Gasteiger partial charge in [-0.3, -0.25) is 9.59 Å². The van der Waals surface area contributed by atoms with Gasteiger partial charge in [-0.2, -0.15) is 0 Å². The maximum Gasteiger partial charge on any atom is 0.192 e. The number of methoxy groups -OCH3 is 1. The van der Waals surface area contributed by atoms with E-state index in [2.05, 4.69) is 23.6 Å². The number of benzene rings is 1. The molecule has 1 unspecified atom stereocenters. The van der Waals surface area contributed by atoms with Gasteiger partial charge >= 0.3 is 0 Å². The van der Waals surface area contributed by atoms with Gasteiger partial charge in [0, 0.05) is 23.9 Å². The summed E-state index contributed by atoms with van der Waals surface area (Å²) in [4.78, 5) is 24.2. The first kappa shape index (κ1) is 16.1. The van der Waals surface area contributed by atoms with Gasteiger partial charge < -0.3 is 9.30 Å². The van der Waals surface area contributed by atoms with Crippen molar-refractivity contribution in [3.8, 4) is 17.0 Å². The van der Waals surface area contributed by atoms with Crippen molar-refractivity contribution in [3.63, 3.8) is 0 Å². The van der Waals surface area contributed by atoms with E-state index in [1.807, 2.05) is 0 Å². The molecule has 1 atom stereocenters. The lowest BCUT2D eigenvalue weighted by Gasteiger charge is -2.31. The molecule has 0 saturated heterocycles. The first-order chi connectivity index (χ1) is 12.0. The summed E-state index contributed by atoms with van der Waals surface area (Å²) in [7, 11) is 1.73. The molecule has 2 aliphatic rings. The number of rotatable bonds is 4. The Morgan fingerprint density at radius 3 is 2.64 bits per heavy atom. The Kier molecular flexibility index (Phi) is 3.78. The van der Waals surface area contributed by atoms with Crippen molar-refractivity contribution in [2.75, 3.05) is 7.11 Å². The van der Waals surface area contributed by atoms with Crippen LogP contribution in [0.4, 0.5) is 0 Å². The molecule has 4 rings (SSSR count). The summed E-state index contributed by atoms with van der Waals surface area (Å²) in [5, 5.41) is 0. The van der Waals surface area contributed by atoms with E-state index in [0.29, 0.717) is 5.92 Å². The van der Waals surface area contributed by atoms with Gasteiger partial charge in [0.25, 0.3) is 0 Å². The highest BCUT2D eigenvalue weighted by Gasteiger charge is 2.31. The number of ketones is 1. The van der Waals surface area contributed by atoms with Crippen molar-refractivity contribution >= 4 is 5.78 Å². The second-order valence-electron chi connectivity index (χ2n) is 7.19. The number of carbonyl (C=O) groups excluding carboxylic acids is 1. The minimum Gasteiger partial charge on any atom is -0.496 e. The van der Waals surface area contributed by atoms with E-state index in [-0.39, 0.29) is 22.8 Å². The summed E-state index contributed by atoms with van der Waals surface area (Å²) in [6.07, 6.45) is 5.99. The minimum absolute atomic E-state index is 0.172. The molecule has 1 aliphatic carbocycles. The lowest BCUT2D eigenvalue weighted by molar-refractivity contribution is 0.101. The molecule has 1 saturated carbocycles. The zero-order chi connectivity index (χ0) is 17.7. The number of fused-ring (bicyclic) bond motifs is 3. The van der Waals surface area contributed by atoms with Crippen LogP contribution in [-0.4, -0.2) is 17.5 Å². The number of nitrogens with zero attached hydrogens (tertiary/aromatic N) is 1. The normalized spacial score (nSPS) is 18.4. The number of pyridine rings is 1. The van der Waals surface area contributed by atoms with E-state index in [1.54, 1.807) is 19.4 Å². The maximum atomic E-state index is 12.4. The molecule has 2 heterocycles. The average molecular weight is 337 g/mol. The monoisotopic (exact) mass is 337 g/mol. The molecule has 1 fully saturated rings. The zero-order valence-corrected chi connectivity index (χ0v) is 15.0. The smallest absolute Gasteiger partial charge is 0.192 e. The van der Waals surface area contributed by atoms with Crippen LogP contribution in [0.1, 0.15) is 66.6 Å². The predicted molar refractivity (Wildman–Crippen MR) is 97.7 cm³/mol. The first-order valence-electron chi connectivity index (χ1n) is 9.01. The van der Waals surface area contributed by atoms with Crippen LogP contribution < -0.4 is 10.2 Å². The van der Waals surface area contributed by atoms with Crippen LogP contribution in [0, 0.1) is 0 Å². The van der Waals surface area contributed by atoms with Crippen LogP contribution in [0.3, 0.4) is 0 Å². The molecule has 25 heavy (non-hydrogen) atoms. The van der Waals surface area contributed by atoms with Crippen molar-refractivity contribution in [3.05, 3.63) is 51.3 Å². The minimum atomic E-state index is -0.190. The summed E-state index contributed by atoms with van der Waals surface area (Å²) in [6, 6.07) is 6.24. The highest BCUT2D eigenvalue weighted by Crippen LogP contribution is 2.48. The van der Waals surface area contributed by atoms with Gasteiger partial charge in [0.2, 0.25) is 0 Å². The summed E-state index contributed by atoms with van der Waals surface area (Å²) < 4.78 is 7.76. The van der Waals surface area contributed by atoms with Crippen molar-refractivity contribution in [2.24, 2.45) is 0 Å². The number of carbonyl (C=O) groups is 1. The van der Waals surface area contributed by atoms with Crippen LogP contribution in [0.2, 0.25) is 0 Å². The Morgan fingerprint density at radius 1 is 1.28 bits per heavy atom. The zero-order valence-electron chi connectivity index (χ0n) is 15.0. The fourth-order valence-electron chi connectivity index (χ4n) is 3.96. The van der Waals surface area contributed by atoms with Crippen molar-refractivity contribution in [1.82, 2.24) is 4.57 Å². The largest absolute Gasteiger partial charge is 0.496 e. The summed E-state index contributed by atoms with van der Waals surface area (Å²) >= 11 is 0. The molecule has 1 aromatic carbocycles. The maximum absolute atomic E-state index is 12.4. The van der Waals surface area contributed by atoms with Gasteiger partial charge in [-0.25, -0.2) is 0 Å². The SMILES string of the molecule is CCC1Cc2cc(OC)c(C3CC3)cc2-c2cc(=O)c(C(C)=O)cn21. The van der Waals surface area contributed by atoms with E-state index in [9.17, 15) is 9.59 Å². The molecular formula is C21H23NO3. The Balaban J connectivity index is 1.96. The molecular weight excluding hydrogens is 314 g/mol. The van der Waals surface area contributed by atoms with Crippen LogP contribution in [-0.2, 0) is 6.42 Å². The van der Waals surface area contributed by atoms with Gasteiger partial charge in [0.1, 0.15) is 5.75 Å². The molecule has 0 N–H and O–H groups in total. The topological polar surface area (TPSA) is 48.3 Å². The standard InChI is InChI=1S/C21H23NO3/c1-4-15-7-14-8-21(25-3)17(13-5-6-13)9-16(14)19-10-20(24)18(12(2)23)11-22(15)19/h8-11,13,15H,4-7H2,1-3H3. The fraction of sp³-hybridized carbons (Fsp3) is 0.429. The van der Waals surface area contributed by atoms with E-state index < -0.39 is 0 Å². The van der Waals surface area contributed by atoms with Gasteiger partial charge in [0.05, 0.1) is 18.4 Å². The van der Waals surface area contributed by atoms with E-state index in [1.165, 1.54) is 30.9 Å². The average Bonchev–Trinajstić information content (AvgIpc) is 3.44. The lowest BCUT2D eigenvalue weighted by Crippen LogP contribution is -2.25. The van der Waals surface area contributed by atoms with E-state index >= 15 is 0 Å². The van der Waals surface area contributed by atoms with Gasteiger partial charge in [-0.1, -0.05) is 6.92 Å². The molecule has 1 aliphatic heterocycles. The van der Waals surface area contributed by atoms with Crippen LogP contribution >= 0.6 is 0 Å². The quantitative estimate of drug-likeness (QED) is 0.789. The third kappa shape index (κ3) is 2.60. The highest BCUT2D eigenvalue weighted by atomic mass is 16.5. The second kappa shape index (κ2) is 5.87. The van der Waals surface area contributed by atoms with Crippen LogP contribution in [0.15, 0.2) is 29.2 Å². The number of hydrogen-bond acceptors (Lipinski definition) is 3. The number of ether oxygens (including phenoxy) is 1. The Labute approximate surface area is 147 Å². The Bertz CT molecular complexity index is 921. The van der Waals surface area contributed by atoms with Gasteiger partial charge in [-0.05, 0) is 61.8 Å². The predicted octanol–water partition coefficient (Wildman–Crippen LogP) is 4.11. The number of hydrogen-bond donors (Lipinski definition) is 0. The number of aromatic nitrogens is 1. The second-order valence-corrected chi connectivity index (χ2v) is 7.19. The molecule has 4 heteroatoms. The summed E-state index contributed by atoms with van der Waals surface area (Å²) in [6.45, 7) is 3.60. The Hall–Kier alpha value is -2.36. The fourth-order valence-corrected chi connectivity index (χ4v) is 3.96. The summed E-state index contributed by atoms with van der Waals surface area (Å²) in [5.41, 5.74) is 4.59. The van der Waals surface area contributed by atoms with E-state index in [4.69, 9.17) is 4.74 Å². The third-order valence-corrected chi connectivity index (χ3v) is 5.53. The molecule has 1 aromatic heterocycles. The van der Waals surface area contributed by atoms with Crippen LogP contribution in [0.25, 0.3) is 11.3 Å². The van der Waals surface area contributed by atoms with Crippen molar-refractivity contribution in [1.29, 1.82) is 0 Å². The van der Waals surface area contributed by atoms with Crippen LogP contribution in [0.5, 0.6) is 5.75 Å². The highest BCUT2D eigenvalue weighted by molar-refractivity contribution is 5.94. The van der Waals surface area contributed by atoms with Crippen molar-refractivity contribution < 1.29 is 9.53 Å². The Morgan fingerprint density at radius 2 is 2.04 bits per heavy atom. The first-order valence-corrected chi connectivity index (χ1v) is 9.01. The van der Waals surface area contributed by atoms with Gasteiger partial charge in [0.15, 0.2) is 11.2 Å².